The third kappa shape index (κ3) is 4.04. The lowest BCUT2D eigenvalue weighted by molar-refractivity contribution is -0.117. The predicted molar refractivity (Wildman–Crippen MR) is 62.7 cm³/mol. The minimum Gasteiger partial charge on any atom is -0.352 e. The Hall–Kier alpha value is -0.830. The maximum Gasteiger partial charge on any atom is 0.246 e. The van der Waals surface area contributed by atoms with Gasteiger partial charge in [-0.2, -0.15) is 0 Å². The summed E-state index contributed by atoms with van der Waals surface area (Å²) >= 11 is 0. The predicted octanol–water partition coefficient (Wildman–Crippen LogP) is 1.46. The Morgan fingerprint density at radius 3 is 2.40 bits per heavy atom. The molecule has 2 N–H and O–H groups in total. The Morgan fingerprint density at radius 1 is 1.40 bits per heavy atom. The minimum absolute atomic E-state index is 0.0933. The van der Waals surface area contributed by atoms with E-state index in [9.17, 15) is 4.79 Å². The summed E-state index contributed by atoms with van der Waals surface area (Å²) in [7, 11) is 0. The summed E-state index contributed by atoms with van der Waals surface area (Å²) in [6.07, 6.45) is 1.01. The van der Waals surface area contributed by atoms with Crippen molar-refractivity contribution in [2.75, 3.05) is 19.6 Å². The van der Waals surface area contributed by atoms with Gasteiger partial charge in [-0.05, 0) is 24.3 Å². The van der Waals surface area contributed by atoms with Crippen LogP contribution < -0.4 is 10.6 Å². The SMILES string of the molecule is CC(C(=O)NCCC(C)(C)C)=C1CNC1. The van der Waals surface area contributed by atoms with Gasteiger partial charge in [0.2, 0.25) is 5.91 Å². The van der Waals surface area contributed by atoms with Crippen LogP contribution in [0.2, 0.25) is 0 Å². The Balaban J connectivity index is 2.30. The van der Waals surface area contributed by atoms with Gasteiger partial charge in [0.25, 0.3) is 0 Å². The van der Waals surface area contributed by atoms with Gasteiger partial charge in [-0.25, -0.2) is 0 Å². The van der Waals surface area contributed by atoms with Gasteiger partial charge in [0.05, 0.1) is 0 Å². The number of carbonyl (C=O) groups excluding carboxylic acids is 1. The lowest BCUT2D eigenvalue weighted by Gasteiger charge is -2.22. The fraction of sp³-hybridized carbons (Fsp3) is 0.750. The standard InChI is InChI=1S/C12H22N2O/c1-9(10-7-13-8-10)11(15)14-6-5-12(2,3)4/h13H,5-8H2,1-4H3,(H,14,15). The normalized spacial score (nSPS) is 15.9. The first kappa shape index (κ1) is 12.2. The second-order valence-electron chi connectivity index (χ2n) is 5.40. The highest BCUT2D eigenvalue weighted by atomic mass is 16.1. The van der Waals surface area contributed by atoms with Crippen molar-refractivity contribution >= 4 is 5.91 Å². The Labute approximate surface area is 92.3 Å². The van der Waals surface area contributed by atoms with E-state index in [-0.39, 0.29) is 11.3 Å². The molecule has 0 bridgehead atoms. The molecule has 0 spiro atoms. The van der Waals surface area contributed by atoms with E-state index in [2.05, 4.69) is 31.4 Å². The Kier molecular flexibility index (Phi) is 3.91. The van der Waals surface area contributed by atoms with Gasteiger partial charge in [-0.1, -0.05) is 20.8 Å². The molecule has 0 aromatic heterocycles. The molecule has 1 heterocycles. The Bertz CT molecular complexity index is 268. The van der Waals surface area contributed by atoms with Gasteiger partial charge in [-0.3, -0.25) is 4.79 Å². The molecule has 1 saturated heterocycles. The molecule has 0 unspecified atom stereocenters. The number of amides is 1. The molecule has 1 rings (SSSR count). The van der Waals surface area contributed by atoms with E-state index >= 15 is 0 Å². The lowest BCUT2D eigenvalue weighted by Crippen LogP contribution is -2.38. The van der Waals surface area contributed by atoms with E-state index in [1.807, 2.05) is 6.92 Å². The lowest BCUT2D eigenvalue weighted by atomic mass is 9.92. The first-order chi connectivity index (χ1) is 6.90. The van der Waals surface area contributed by atoms with Crippen molar-refractivity contribution in [1.82, 2.24) is 10.6 Å². The molecule has 1 aliphatic rings. The van der Waals surface area contributed by atoms with Crippen molar-refractivity contribution in [3.63, 3.8) is 0 Å². The highest BCUT2D eigenvalue weighted by Crippen LogP contribution is 2.17. The third-order valence-corrected chi connectivity index (χ3v) is 2.71. The van der Waals surface area contributed by atoms with Crippen LogP contribution in [0.5, 0.6) is 0 Å². The maximum absolute atomic E-state index is 11.7. The molecule has 3 heteroatoms. The van der Waals surface area contributed by atoms with Crippen LogP contribution in [0.1, 0.15) is 34.1 Å². The summed E-state index contributed by atoms with van der Waals surface area (Å²) in [6.45, 7) is 11.0. The van der Waals surface area contributed by atoms with Crippen molar-refractivity contribution < 1.29 is 4.79 Å². The Morgan fingerprint density at radius 2 is 2.00 bits per heavy atom. The van der Waals surface area contributed by atoms with E-state index in [1.165, 1.54) is 5.57 Å². The molecule has 15 heavy (non-hydrogen) atoms. The molecule has 0 aromatic carbocycles. The molecule has 0 radical (unpaired) electrons. The maximum atomic E-state index is 11.7. The van der Waals surface area contributed by atoms with E-state index in [1.54, 1.807) is 0 Å². The second kappa shape index (κ2) is 4.79. The average Bonchev–Trinajstić information content (AvgIpc) is 1.98. The summed E-state index contributed by atoms with van der Waals surface area (Å²) in [6, 6.07) is 0. The van der Waals surface area contributed by atoms with Crippen LogP contribution in [-0.4, -0.2) is 25.5 Å². The molecule has 1 amide bonds. The third-order valence-electron chi connectivity index (χ3n) is 2.71. The molecular formula is C12H22N2O. The smallest absolute Gasteiger partial charge is 0.246 e. The highest BCUT2D eigenvalue weighted by molar-refractivity contribution is 5.93. The topological polar surface area (TPSA) is 41.1 Å². The van der Waals surface area contributed by atoms with Gasteiger partial charge >= 0.3 is 0 Å². The van der Waals surface area contributed by atoms with Crippen molar-refractivity contribution in [2.24, 2.45) is 5.41 Å². The van der Waals surface area contributed by atoms with Crippen LogP contribution in [0.25, 0.3) is 0 Å². The summed E-state index contributed by atoms with van der Waals surface area (Å²) in [5.74, 6) is 0.0933. The number of nitrogens with one attached hydrogen (secondary N) is 2. The van der Waals surface area contributed by atoms with E-state index in [4.69, 9.17) is 0 Å². The summed E-state index contributed by atoms with van der Waals surface area (Å²) in [5.41, 5.74) is 2.41. The molecule has 0 aromatic rings. The fourth-order valence-corrected chi connectivity index (χ4v) is 1.36. The van der Waals surface area contributed by atoms with Crippen LogP contribution in [0, 0.1) is 5.41 Å². The van der Waals surface area contributed by atoms with Crippen molar-refractivity contribution in [3.8, 4) is 0 Å². The van der Waals surface area contributed by atoms with E-state index < -0.39 is 0 Å². The van der Waals surface area contributed by atoms with Crippen molar-refractivity contribution in [2.45, 2.75) is 34.1 Å². The van der Waals surface area contributed by atoms with Gasteiger partial charge in [-0.15, -0.1) is 0 Å². The van der Waals surface area contributed by atoms with Crippen LogP contribution in [0.15, 0.2) is 11.1 Å². The number of rotatable bonds is 3. The molecule has 0 aliphatic carbocycles. The zero-order chi connectivity index (χ0) is 11.5. The summed E-state index contributed by atoms with van der Waals surface area (Å²) in [5, 5.41) is 6.10. The van der Waals surface area contributed by atoms with Crippen molar-refractivity contribution in [3.05, 3.63) is 11.1 Å². The zero-order valence-electron chi connectivity index (χ0n) is 10.2. The van der Waals surface area contributed by atoms with Crippen LogP contribution in [0.3, 0.4) is 0 Å². The monoisotopic (exact) mass is 210 g/mol. The minimum atomic E-state index is 0.0933. The number of hydrogen-bond acceptors (Lipinski definition) is 2. The van der Waals surface area contributed by atoms with Gasteiger partial charge in [0, 0.05) is 25.2 Å². The largest absolute Gasteiger partial charge is 0.352 e. The molecule has 0 atom stereocenters. The van der Waals surface area contributed by atoms with Gasteiger partial charge in [0.1, 0.15) is 0 Å². The van der Waals surface area contributed by atoms with Gasteiger partial charge in [0.15, 0.2) is 0 Å². The van der Waals surface area contributed by atoms with E-state index in [0.717, 1.165) is 31.6 Å². The van der Waals surface area contributed by atoms with Crippen LogP contribution in [0.4, 0.5) is 0 Å². The van der Waals surface area contributed by atoms with Crippen LogP contribution in [-0.2, 0) is 4.79 Å². The molecule has 0 saturated carbocycles. The van der Waals surface area contributed by atoms with E-state index in [0.29, 0.717) is 0 Å². The number of carbonyl (C=O) groups is 1. The number of hydrogen-bond donors (Lipinski definition) is 2. The van der Waals surface area contributed by atoms with Crippen molar-refractivity contribution in [1.29, 1.82) is 0 Å². The average molecular weight is 210 g/mol. The van der Waals surface area contributed by atoms with Gasteiger partial charge < -0.3 is 10.6 Å². The second-order valence-corrected chi connectivity index (χ2v) is 5.40. The first-order valence-electron chi connectivity index (χ1n) is 5.58. The summed E-state index contributed by atoms with van der Waals surface area (Å²) in [4.78, 5) is 11.7. The van der Waals surface area contributed by atoms with Crippen LogP contribution >= 0.6 is 0 Å². The summed E-state index contributed by atoms with van der Waals surface area (Å²) < 4.78 is 0. The quantitative estimate of drug-likeness (QED) is 0.692. The first-order valence-corrected chi connectivity index (χ1v) is 5.58. The highest BCUT2D eigenvalue weighted by Gasteiger charge is 2.16. The molecule has 1 fully saturated rings. The molecule has 3 nitrogen and oxygen atoms in total. The molecular weight excluding hydrogens is 188 g/mol. The molecule has 86 valence electrons. The molecule has 1 aliphatic heterocycles. The fourth-order valence-electron chi connectivity index (χ4n) is 1.36. The zero-order valence-corrected chi connectivity index (χ0v) is 10.2.